The fourth-order valence-corrected chi connectivity index (χ4v) is 2.78. The molecule has 1 heterocycles. The van der Waals surface area contributed by atoms with Crippen molar-refractivity contribution >= 4 is 27.9 Å². The second kappa shape index (κ2) is 3.27. The zero-order chi connectivity index (χ0) is 9.42. The topological polar surface area (TPSA) is 43.1 Å². The molecule has 0 N–H and O–H groups in total. The molecule has 1 fully saturated rings. The van der Waals surface area contributed by atoms with E-state index in [1.54, 1.807) is 6.07 Å². The molecule has 0 bridgehead atoms. The highest BCUT2D eigenvalue weighted by atomic mass is 35.5. The minimum Gasteiger partial charge on any atom is -0.258 e. The van der Waals surface area contributed by atoms with Gasteiger partial charge >= 0.3 is 5.00 Å². The molecule has 2 rings (SSSR count). The minimum atomic E-state index is -0.341. The Labute approximate surface area is 84.5 Å². The van der Waals surface area contributed by atoms with Crippen LogP contribution < -0.4 is 0 Å². The van der Waals surface area contributed by atoms with Crippen LogP contribution in [0.3, 0.4) is 0 Å². The lowest BCUT2D eigenvalue weighted by molar-refractivity contribution is -0.380. The Morgan fingerprint density at radius 2 is 2.46 bits per heavy atom. The van der Waals surface area contributed by atoms with E-state index < -0.39 is 0 Å². The largest absolute Gasteiger partial charge is 0.324 e. The molecule has 0 aromatic carbocycles. The lowest BCUT2D eigenvalue weighted by Gasteiger charge is -1.89. The Morgan fingerprint density at radius 3 is 2.92 bits per heavy atom. The Bertz CT molecular complexity index is 339. The molecule has 1 saturated carbocycles. The average molecular weight is 218 g/mol. The summed E-state index contributed by atoms with van der Waals surface area (Å²) >= 11 is 6.96. The molecule has 0 amide bonds. The third-order valence-electron chi connectivity index (χ3n) is 2.28. The van der Waals surface area contributed by atoms with Gasteiger partial charge in [0.1, 0.15) is 0 Å². The van der Waals surface area contributed by atoms with E-state index in [1.807, 2.05) is 6.07 Å². The number of hydrogen-bond acceptors (Lipinski definition) is 3. The summed E-state index contributed by atoms with van der Waals surface area (Å²) < 4.78 is 0. The van der Waals surface area contributed by atoms with E-state index in [0.29, 0.717) is 17.7 Å². The Hall–Kier alpha value is -0.610. The molecule has 70 valence electrons. The summed E-state index contributed by atoms with van der Waals surface area (Å²) in [5.41, 5.74) is 0. The first-order chi connectivity index (χ1) is 6.22. The van der Waals surface area contributed by atoms with Gasteiger partial charge in [-0.1, -0.05) is 11.3 Å². The van der Waals surface area contributed by atoms with Crippen molar-refractivity contribution in [3.8, 4) is 0 Å². The molecule has 2 atom stereocenters. The van der Waals surface area contributed by atoms with Crippen LogP contribution in [-0.2, 0) is 0 Å². The van der Waals surface area contributed by atoms with Gasteiger partial charge in [-0.15, -0.1) is 11.6 Å². The second-order valence-corrected chi connectivity index (χ2v) is 4.59. The van der Waals surface area contributed by atoms with Gasteiger partial charge in [-0.25, -0.2) is 0 Å². The van der Waals surface area contributed by atoms with E-state index in [-0.39, 0.29) is 9.92 Å². The molecular weight excluding hydrogens is 210 g/mol. The summed E-state index contributed by atoms with van der Waals surface area (Å²) in [5.74, 6) is 1.69. The van der Waals surface area contributed by atoms with E-state index in [2.05, 4.69) is 0 Å². The van der Waals surface area contributed by atoms with Crippen LogP contribution in [0, 0.1) is 16.0 Å². The van der Waals surface area contributed by atoms with Crippen LogP contribution in [0.4, 0.5) is 5.00 Å². The van der Waals surface area contributed by atoms with Crippen molar-refractivity contribution in [1.29, 1.82) is 0 Å². The zero-order valence-electron chi connectivity index (χ0n) is 6.77. The molecule has 13 heavy (non-hydrogen) atoms. The van der Waals surface area contributed by atoms with Gasteiger partial charge in [0.15, 0.2) is 0 Å². The van der Waals surface area contributed by atoms with E-state index >= 15 is 0 Å². The minimum absolute atomic E-state index is 0.232. The molecule has 5 heteroatoms. The Balaban J connectivity index is 2.11. The van der Waals surface area contributed by atoms with Crippen molar-refractivity contribution in [3.05, 3.63) is 27.1 Å². The highest BCUT2D eigenvalue weighted by molar-refractivity contribution is 7.15. The van der Waals surface area contributed by atoms with Crippen molar-refractivity contribution in [2.24, 2.45) is 5.92 Å². The smallest absolute Gasteiger partial charge is 0.258 e. The molecule has 1 aromatic rings. The molecule has 2 unspecified atom stereocenters. The maximum absolute atomic E-state index is 10.4. The first-order valence-corrected chi connectivity index (χ1v) is 5.37. The molecule has 3 nitrogen and oxygen atoms in total. The van der Waals surface area contributed by atoms with Gasteiger partial charge in [0.05, 0.1) is 4.92 Å². The quantitative estimate of drug-likeness (QED) is 0.444. The lowest BCUT2D eigenvalue weighted by Crippen LogP contribution is -1.81. The summed E-state index contributed by atoms with van der Waals surface area (Å²) in [6.45, 7) is 0. The second-order valence-electron chi connectivity index (χ2n) is 3.19. The maximum atomic E-state index is 10.4. The van der Waals surface area contributed by atoms with E-state index in [9.17, 15) is 10.1 Å². The maximum Gasteiger partial charge on any atom is 0.324 e. The number of hydrogen-bond donors (Lipinski definition) is 0. The predicted octanol–water partition coefficient (Wildman–Crippen LogP) is 3.00. The highest BCUT2D eigenvalue weighted by Gasteiger charge is 2.39. The molecule has 0 radical (unpaired) electrons. The van der Waals surface area contributed by atoms with Gasteiger partial charge in [0.2, 0.25) is 0 Å². The van der Waals surface area contributed by atoms with Gasteiger partial charge in [0.25, 0.3) is 0 Å². The molecule has 0 spiro atoms. The summed E-state index contributed by atoms with van der Waals surface area (Å²) in [6, 6.07) is 3.42. The first kappa shape index (κ1) is 8.97. The van der Waals surface area contributed by atoms with Gasteiger partial charge in [-0.3, -0.25) is 10.1 Å². The van der Waals surface area contributed by atoms with Gasteiger partial charge in [-0.05, 0) is 24.3 Å². The number of nitrogens with zero attached hydrogens (tertiary/aromatic N) is 1. The van der Waals surface area contributed by atoms with Crippen molar-refractivity contribution in [3.63, 3.8) is 0 Å². The fraction of sp³-hybridized carbons (Fsp3) is 0.500. The van der Waals surface area contributed by atoms with Crippen molar-refractivity contribution < 1.29 is 4.92 Å². The van der Waals surface area contributed by atoms with Crippen molar-refractivity contribution in [2.45, 2.75) is 12.3 Å². The lowest BCUT2D eigenvalue weighted by atomic mass is 10.3. The van der Waals surface area contributed by atoms with Crippen molar-refractivity contribution in [1.82, 2.24) is 0 Å². The van der Waals surface area contributed by atoms with E-state index in [0.717, 1.165) is 11.3 Å². The Morgan fingerprint density at radius 1 is 1.69 bits per heavy atom. The third-order valence-corrected chi connectivity index (χ3v) is 3.84. The summed E-state index contributed by atoms with van der Waals surface area (Å²) in [5, 5.41) is 10.6. The SMILES string of the molecule is O=[N+]([O-])c1ccc(C2CC2CCl)s1. The monoisotopic (exact) mass is 217 g/mol. The summed E-state index contributed by atoms with van der Waals surface area (Å²) in [4.78, 5) is 11.2. The van der Waals surface area contributed by atoms with Crippen LogP contribution in [0.15, 0.2) is 12.1 Å². The molecule has 1 aliphatic rings. The van der Waals surface area contributed by atoms with Crippen molar-refractivity contribution in [2.75, 3.05) is 5.88 Å². The van der Waals surface area contributed by atoms with E-state index in [4.69, 9.17) is 11.6 Å². The Kier molecular flexibility index (Phi) is 2.26. The first-order valence-electron chi connectivity index (χ1n) is 4.02. The third kappa shape index (κ3) is 1.69. The number of alkyl halides is 1. The molecule has 1 aromatic heterocycles. The number of nitro groups is 1. The molecule has 0 aliphatic heterocycles. The van der Waals surface area contributed by atoms with Crippen LogP contribution in [-0.4, -0.2) is 10.8 Å². The average Bonchev–Trinajstić information content (AvgIpc) is 2.73. The van der Waals surface area contributed by atoms with Crippen LogP contribution in [0.25, 0.3) is 0 Å². The summed E-state index contributed by atoms with van der Waals surface area (Å²) in [6.07, 6.45) is 1.08. The molecule has 0 saturated heterocycles. The number of rotatable bonds is 3. The standard InChI is InChI=1S/C8H8ClNO2S/c9-4-5-3-6(5)7-1-2-8(13-7)10(11)12/h1-2,5-6H,3-4H2. The van der Waals surface area contributed by atoms with Crippen LogP contribution in [0.1, 0.15) is 17.2 Å². The fourth-order valence-electron chi connectivity index (χ4n) is 1.41. The number of thiophene rings is 1. The zero-order valence-corrected chi connectivity index (χ0v) is 8.35. The van der Waals surface area contributed by atoms with Gasteiger partial charge in [-0.2, -0.15) is 0 Å². The van der Waals surface area contributed by atoms with Gasteiger partial charge in [0, 0.05) is 16.8 Å². The number of halogens is 1. The predicted molar refractivity (Wildman–Crippen MR) is 52.5 cm³/mol. The molecule has 1 aliphatic carbocycles. The highest BCUT2D eigenvalue weighted by Crippen LogP contribution is 2.50. The van der Waals surface area contributed by atoms with E-state index in [1.165, 1.54) is 11.3 Å². The van der Waals surface area contributed by atoms with Crippen LogP contribution in [0.5, 0.6) is 0 Å². The van der Waals surface area contributed by atoms with Crippen LogP contribution in [0.2, 0.25) is 0 Å². The normalized spacial score (nSPS) is 25.9. The molecular formula is C8H8ClNO2S. The van der Waals surface area contributed by atoms with Gasteiger partial charge < -0.3 is 0 Å². The van der Waals surface area contributed by atoms with Crippen LogP contribution >= 0.6 is 22.9 Å². The summed E-state index contributed by atoms with van der Waals surface area (Å²) in [7, 11) is 0.